The van der Waals surface area contributed by atoms with Crippen LogP contribution in [0.2, 0.25) is 0 Å². The van der Waals surface area contributed by atoms with Crippen LogP contribution in [0.3, 0.4) is 0 Å². The van der Waals surface area contributed by atoms with E-state index in [1.165, 1.54) is 23.2 Å². The van der Waals surface area contributed by atoms with Crippen molar-refractivity contribution >= 4 is 5.91 Å². The Kier molecular flexibility index (Phi) is 5.16. The standard InChI is InChI=1S/C21H28N4O2/c1-15-6-7-17(20(10-15)27-2)13-24-8-9-25-19(14-24)11-18(23-25)12-22-21(26)16-4-3-5-16/h6-7,10-11,16H,3-5,8-9,12-14H2,1-2H3,(H,22,26). The summed E-state index contributed by atoms with van der Waals surface area (Å²) in [6.07, 6.45) is 3.24. The first-order chi connectivity index (χ1) is 13.1. The molecule has 2 aliphatic rings. The minimum atomic E-state index is 0.181. The normalized spacial score (nSPS) is 17.3. The minimum Gasteiger partial charge on any atom is -0.496 e. The lowest BCUT2D eigenvalue weighted by molar-refractivity contribution is -0.127. The van der Waals surface area contributed by atoms with E-state index in [1.54, 1.807) is 7.11 Å². The smallest absolute Gasteiger partial charge is 0.223 e. The second-order valence-corrected chi connectivity index (χ2v) is 7.72. The van der Waals surface area contributed by atoms with Gasteiger partial charge in [-0.05, 0) is 37.5 Å². The Labute approximate surface area is 160 Å². The summed E-state index contributed by atoms with van der Waals surface area (Å²) in [4.78, 5) is 14.4. The first-order valence-corrected chi connectivity index (χ1v) is 9.81. The summed E-state index contributed by atoms with van der Waals surface area (Å²) >= 11 is 0. The molecule has 1 aromatic carbocycles. The van der Waals surface area contributed by atoms with Gasteiger partial charge in [-0.3, -0.25) is 14.4 Å². The van der Waals surface area contributed by atoms with Crippen LogP contribution in [0.4, 0.5) is 0 Å². The number of nitrogens with zero attached hydrogens (tertiary/aromatic N) is 3. The van der Waals surface area contributed by atoms with Gasteiger partial charge in [0.25, 0.3) is 0 Å². The minimum absolute atomic E-state index is 0.181. The van der Waals surface area contributed by atoms with E-state index in [9.17, 15) is 4.79 Å². The van der Waals surface area contributed by atoms with Crippen LogP contribution >= 0.6 is 0 Å². The molecule has 1 aromatic heterocycles. The molecule has 0 radical (unpaired) electrons. The van der Waals surface area contributed by atoms with E-state index in [4.69, 9.17) is 4.74 Å². The maximum absolute atomic E-state index is 12.0. The van der Waals surface area contributed by atoms with Crippen molar-refractivity contribution in [1.29, 1.82) is 0 Å². The number of methoxy groups -OCH3 is 1. The highest BCUT2D eigenvalue weighted by Crippen LogP contribution is 2.26. The molecule has 1 N–H and O–H groups in total. The van der Waals surface area contributed by atoms with Gasteiger partial charge in [-0.1, -0.05) is 18.6 Å². The van der Waals surface area contributed by atoms with E-state index in [1.807, 2.05) is 0 Å². The van der Waals surface area contributed by atoms with Crippen LogP contribution in [-0.4, -0.2) is 34.2 Å². The highest BCUT2D eigenvalue weighted by molar-refractivity contribution is 5.79. The van der Waals surface area contributed by atoms with Gasteiger partial charge in [0.1, 0.15) is 5.75 Å². The first-order valence-electron chi connectivity index (χ1n) is 9.81. The monoisotopic (exact) mass is 368 g/mol. The fraction of sp³-hybridized carbons (Fsp3) is 0.524. The van der Waals surface area contributed by atoms with E-state index in [-0.39, 0.29) is 11.8 Å². The predicted octanol–water partition coefficient (Wildman–Crippen LogP) is 2.63. The number of nitrogens with one attached hydrogen (secondary N) is 1. The van der Waals surface area contributed by atoms with Crippen LogP contribution < -0.4 is 10.1 Å². The van der Waals surface area contributed by atoms with E-state index in [0.717, 1.165) is 50.5 Å². The number of hydrogen-bond acceptors (Lipinski definition) is 4. The molecular weight excluding hydrogens is 340 g/mol. The Bertz CT molecular complexity index is 826. The lowest BCUT2D eigenvalue weighted by Crippen LogP contribution is -2.34. The largest absolute Gasteiger partial charge is 0.496 e. The van der Waals surface area contributed by atoms with E-state index in [2.05, 4.69) is 51.2 Å². The number of carbonyl (C=O) groups is 1. The van der Waals surface area contributed by atoms with Crippen molar-refractivity contribution in [2.45, 2.75) is 52.4 Å². The van der Waals surface area contributed by atoms with Gasteiger partial charge in [0, 0.05) is 31.1 Å². The Morgan fingerprint density at radius 1 is 1.30 bits per heavy atom. The van der Waals surface area contributed by atoms with E-state index >= 15 is 0 Å². The zero-order valence-electron chi connectivity index (χ0n) is 16.2. The van der Waals surface area contributed by atoms with Gasteiger partial charge < -0.3 is 10.1 Å². The van der Waals surface area contributed by atoms with Crippen molar-refractivity contribution in [2.75, 3.05) is 13.7 Å². The van der Waals surface area contributed by atoms with Crippen LogP contribution in [0.1, 0.15) is 41.8 Å². The summed E-state index contributed by atoms with van der Waals surface area (Å²) in [7, 11) is 1.73. The van der Waals surface area contributed by atoms with Gasteiger partial charge >= 0.3 is 0 Å². The number of aromatic nitrogens is 2. The summed E-state index contributed by atoms with van der Waals surface area (Å²) in [6.45, 7) is 6.17. The number of ether oxygens (including phenoxy) is 1. The summed E-state index contributed by atoms with van der Waals surface area (Å²) in [6, 6.07) is 8.50. The maximum atomic E-state index is 12.0. The summed E-state index contributed by atoms with van der Waals surface area (Å²) in [5, 5.41) is 7.70. The van der Waals surface area contributed by atoms with Crippen molar-refractivity contribution in [3.05, 3.63) is 46.8 Å². The summed E-state index contributed by atoms with van der Waals surface area (Å²) in [5.74, 6) is 1.36. The SMILES string of the molecule is COc1cc(C)ccc1CN1CCn2nc(CNC(=O)C3CCC3)cc2C1. The Balaban J connectivity index is 1.37. The molecule has 27 heavy (non-hydrogen) atoms. The molecule has 6 nitrogen and oxygen atoms in total. The lowest BCUT2D eigenvalue weighted by Gasteiger charge is -2.28. The van der Waals surface area contributed by atoms with Crippen molar-refractivity contribution in [2.24, 2.45) is 5.92 Å². The molecular formula is C21H28N4O2. The topological polar surface area (TPSA) is 59.4 Å². The average Bonchev–Trinajstić information content (AvgIpc) is 3.02. The molecule has 0 saturated heterocycles. The molecule has 144 valence electrons. The zero-order chi connectivity index (χ0) is 18.8. The fourth-order valence-corrected chi connectivity index (χ4v) is 3.82. The van der Waals surface area contributed by atoms with Crippen LogP contribution in [0.15, 0.2) is 24.3 Å². The molecule has 2 heterocycles. The third-order valence-electron chi connectivity index (χ3n) is 5.68. The molecule has 1 amide bonds. The zero-order valence-corrected chi connectivity index (χ0v) is 16.2. The number of rotatable bonds is 6. The van der Waals surface area contributed by atoms with Crippen molar-refractivity contribution in [3.63, 3.8) is 0 Å². The van der Waals surface area contributed by atoms with Gasteiger partial charge in [-0.2, -0.15) is 5.10 Å². The number of benzene rings is 1. The lowest BCUT2D eigenvalue weighted by atomic mass is 9.85. The van der Waals surface area contributed by atoms with Gasteiger partial charge in [0.15, 0.2) is 0 Å². The van der Waals surface area contributed by atoms with Gasteiger partial charge in [0.2, 0.25) is 5.91 Å². The number of carbonyl (C=O) groups excluding carboxylic acids is 1. The molecule has 4 rings (SSSR count). The molecule has 1 fully saturated rings. The van der Waals surface area contributed by atoms with Crippen LogP contribution in [-0.2, 0) is 31.0 Å². The molecule has 1 aliphatic heterocycles. The Morgan fingerprint density at radius 3 is 2.89 bits per heavy atom. The fourth-order valence-electron chi connectivity index (χ4n) is 3.82. The van der Waals surface area contributed by atoms with Gasteiger partial charge in [0.05, 0.1) is 31.6 Å². The second-order valence-electron chi connectivity index (χ2n) is 7.72. The highest BCUT2D eigenvalue weighted by Gasteiger charge is 2.25. The molecule has 0 bridgehead atoms. The molecule has 0 spiro atoms. The van der Waals surface area contributed by atoms with Crippen molar-refractivity contribution < 1.29 is 9.53 Å². The number of hydrogen-bond donors (Lipinski definition) is 1. The highest BCUT2D eigenvalue weighted by atomic mass is 16.5. The van der Waals surface area contributed by atoms with Crippen LogP contribution in [0.5, 0.6) is 5.75 Å². The molecule has 6 heteroatoms. The Hall–Kier alpha value is -2.34. The maximum Gasteiger partial charge on any atom is 0.223 e. The molecule has 0 unspecified atom stereocenters. The number of fused-ring (bicyclic) bond motifs is 1. The van der Waals surface area contributed by atoms with E-state index in [0.29, 0.717) is 6.54 Å². The molecule has 1 aliphatic carbocycles. The first kappa shape index (κ1) is 18.0. The summed E-state index contributed by atoms with van der Waals surface area (Å²) in [5.41, 5.74) is 4.58. The van der Waals surface area contributed by atoms with Crippen LogP contribution in [0.25, 0.3) is 0 Å². The third kappa shape index (κ3) is 4.00. The second kappa shape index (κ2) is 7.72. The van der Waals surface area contributed by atoms with Crippen molar-refractivity contribution in [1.82, 2.24) is 20.0 Å². The Morgan fingerprint density at radius 2 is 2.15 bits per heavy atom. The van der Waals surface area contributed by atoms with Gasteiger partial charge in [-0.25, -0.2) is 0 Å². The van der Waals surface area contributed by atoms with Gasteiger partial charge in [-0.15, -0.1) is 0 Å². The molecule has 2 aromatic rings. The molecule has 0 atom stereocenters. The van der Waals surface area contributed by atoms with Crippen molar-refractivity contribution in [3.8, 4) is 5.75 Å². The third-order valence-corrected chi connectivity index (χ3v) is 5.68. The molecule has 1 saturated carbocycles. The predicted molar refractivity (Wildman–Crippen MR) is 103 cm³/mol. The average molecular weight is 368 g/mol. The van der Waals surface area contributed by atoms with E-state index < -0.39 is 0 Å². The quantitative estimate of drug-likeness (QED) is 0.852. The number of amides is 1. The number of aryl methyl sites for hydroxylation is 1. The van der Waals surface area contributed by atoms with Crippen LogP contribution in [0, 0.1) is 12.8 Å². The summed E-state index contributed by atoms with van der Waals surface area (Å²) < 4.78 is 7.62.